The third-order valence-electron chi connectivity index (χ3n) is 2.56. The molecule has 0 heterocycles. The van der Waals surface area contributed by atoms with Gasteiger partial charge in [0.05, 0.1) is 4.47 Å². The third-order valence-corrected chi connectivity index (χ3v) is 3.18. The highest BCUT2D eigenvalue weighted by molar-refractivity contribution is 9.10. The van der Waals surface area contributed by atoms with Gasteiger partial charge in [-0.2, -0.15) is 0 Å². The van der Waals surface area contributed by atoms with Crippen LogP contribution in [0.25, 0.3) is 0 Å². The van der Waals surface area contributed by atoms with E-state index in [2.05, 4.69) is 15.9 Å². The Morgan fingerprint density at radius 2 is 2.15 bits per heavy atom. The average Bonchev–Trinajstić information content (AvgIpc) is 2.38. The first kappa shape index (κ1) is 16.4. The molecule has 0 aliphatic heterocycles. The Kier molecular flexibility index (Phi) is 5.94. The Morgan fingerprint density at radius 3 is 2.65 bits per heavy atom. The molecule has 1 amide bonds. The second kappa shape index (κ2) is 7.23. The fraction of sp³-hybridized carbons (Fsp3) is 0.385. The van der Waals surface area contributed by atoms with E-state index in [9.17, 15) is 14.0 Å². The Labute approximate surface area is 124 Å². The van der Waals surface area contributed by atoms with Crippen LogP contribution in [-0.4, -0.2) is 41.1 Å². The van der Waals surface area contributed by atoms with Crippen LogP contribution in [0.15, 0.2) is 22.7 Å². The first-order valence-electron chi connectivity index (χ1n) is 5.97. The lowest BCUT2D eigenvalue weighted by Gasteiger charge is -2.23. The minimum absolute atomic E-state index is 0.267. The van der Waals surface area contributed by atoms with E-state index in [0.29, 0.717) is 10.2 Å². The van der Waals surface area contributed by atoms with E-state index in [0.717, 1.165) is 0 Å². The number of hydrogen-bond acceptors (Lipinski definition) is 3. The normalized spacial score (nSPS) is 11.8. The van der Waals surface area contributed by atoms with Gasteiger partial charge in [-0.3, -0.25) is 9.59 Å². The zero-order valence-electron chi connectivity index (χ0n) is 11.1. The van der Waals surface area contributed by atoms with Crippen LogP contribution in [0.2, 0.25) is 0 Å². The maximum absolute atomic E-state index is 12.9. The number of nitrogens with zero attached hydrogens (tertiary/aromatic N) is 1. The molecule has 1 rings (SSSR count). The molecule has 5 nitrogen and oxygen atoms in total. The summed E-state index contributed by atoms with van der Waals surface area (Å²) in [6.07, 6.45) is -0.865. The van der Waals surface area contributed by atoms with Gasteiger partial charge < -0.3 is 14.7 Å². The van der Waals surface area contributed by atoms with Crippen LogP contribution in [0.3, 0.4) is 0 Å². The van der Waals surface area contributed by atoms with Gasteiger partial charge >= 0.3 is 5.97 Å². The maximum Gasteiger partial charge on any atom is 0.323 e. The van der Waals surface area contributed by atoms with Crippen molar-refractivity contribution in [3.8, 4) is 5.75 Å². The van der Waals surface area contributed by atoms with E-state index in [4.69, 9.17) is 9.84 Å². The van der Waals surface area contributed by atoms with E-state index in [1.54, 1.807) is 6.92 Å². The zero-order valence-corrected chi connectivity index (χ0v) is 12.7. The molecule has 1 atom stereocenters. The van der Waals surface area contributed by atoms with Crippen LogP contribution < -0.4 is 4.74 Å². The van der Waals surface area contributed by atoms with Crippen molar-refractivity contribution in [2.45, 2.75) is 20.0 Å². The number of carboxylic acid groups (broad SMARTS) is 1. The molecule has 0 saturated carbocycles. The highest BCUT2D eigenvalue weighted by Gasteiger charge is 2.23. The number of hydrogen-bond donors (Lipinski definition) is 1. The molecule has 20 heavy (non-hydrogen) atoms. The molecule has 0 spiro atoms. The van der Waals surface area contributed by atoms with E-state index < -0.39 is 23.8 Å². The predicted molar refractivity (Wildman–Crippen MR) is 74.1 cm³/mol. The minimum atomic E-state index is -1.09. The molecule has 0 aliphatic rings. The van der Waals surface area contributed by atoms with Crippen molar-refractivity contribution in [3.63, 3.8) is 0 Å². The summed E-state index contributed by atoms with van der Waals surface area (Å²) < 4.78 is 18.8. The Morgan fingerprint density at radius 1 is 1.50 bits per heavy atom. The molecule has 0 fully saturated rings. The van der Waals surface area contributed by atoms with Gasteiger partial charge in [-0.1, -0.05) is 0 Å². The van der Waals surface area contributed by atoms with Gasteiger partial charge in [0.25, 0.3) is 5.91 Å². The molecule has 0 bridgehead atoms. The van der Waals surface area contributed by atoms with Gasteiger partial charge in [0.1, 0.15) is 18.1 Å². The van der Waals surface area contributed by atoms with Crippen molar-refractivity contribution in [3.05, 3.63) is 28.5 Å². The summed E-state index contributed by atoms with van der Waals surface area (Å²) in [6.45, 7) is 3.08. The lowest BCUT2D eigenvalue weighted by atomic mass is 10.3. The van der Waals surface area contributed by atoms with Crippen LogP contribution in [0.5, 0.6) is 5.75 Å². The summed E-state index contributed by atoms with van der Waals surface area (Å²) in [6, 6.07) is 3.84. The summed E-state index contributed by atoms with van der Waals surface area (Å²) in [5.41, 5.74) is 0. The van der Waals surface area contributed by atoms with E-state index in [1.807, 2.05) is 0 Å². The minimum Gasteiger partial charge on any atom is -0.480 e. The van der Waals surface area contributed by atoms with Crippen LogP contribution in [0.1, 0.15) is 13.8 Å². The molecule has 1 aromatic carbocycles. The summed E-state index contributed by atoms with van der Waals surface area (Å²) in [5, 5.41) is 8.73. The van der Waals surface area contributed by atoms with Crippen molar-refractivity contribution >= 4 is 27.8 Å². The number of halogens is 2. The maximum atomic E-state index is 12.9. The molecule has 0 radical (unpaired) electrons. The van der Waals surface area contributed by atoms with Gasteiger partial charge in [0, 0.05) is 6.54 Å². The van der Waals surface area contributed by atoms with Crippen molar-refractivity contribution in [2.24, 2.45) is 0 Å². The van der Waals surface area contributed by atoms with E-state index in [1.165, 1.54) is 30.0 Å². The van der Waals surface area contributed by atoms with Crippen LogP contribution in [0.4, 0.5) is 4.39 Å². The number of ether oxygens (including phenoxy) is 1. The predicted octanol–water partition coefficient (Wildman–Crippen LogP) is 2.29. The van der Waals surface area contributed by atoms with Crippen molar-refractivity contribution in [1.29, 1.82) is 0 Å². The number of aliphatic carboxylic acids is 1. The highest BCUT2D eigenvalue weighted by atomic mass is 79.9. The Balaban J connectivity index is 2.76. The average molecular weight is 348 g/mol. The van der Waals surface area contributed by atoms with Crippen molar-refractivity contribution in [2.75, 3.05) is 13.1 Å². The Bertz CT molecular complexity index is 509. The number of benzene rings is 1. The third kappa shape index (κ3) is 4.48. The summed E-state index contributed by atoms with van der Waals surface area (Å²) >= 11 is 3.14. The van der Waals surface area contributed by atoms with Crippen molar-refractivity contribution < 1.29 is 23.8 Å². The Hall–Kier alpha value is -1.63. The molecule has 7 heteroatoms. The van der Waals surface area contributed by atoms with Gasteiger partial charge in [-0.05, 0) is 48.0 Å². The number of likely N-dealkylation sites (N-methyl/N-ethyl adjacent to an activating group) is 1. The molecule has 1 N–H and O–H groups in total. The van der Waals surface area contributed by atoms with Crippen molar-refractivity contribution in [1.82, 2.24) is 4.90 Å². The highest BCUT2D eigenvalue weighted by Crippen LogP contribution is 2.26. The molecular weight excluding hydrogens is 333 g/mol. The van der Waals surface area contributed by atoms with Gasteiger partial charge in [0.2, 0.25) is 0 Å². The summed E-state index contributed by atoms with van der Waals surface area (Å²) in [5.74, 6) is -1.63. The zero-order chi connectivity index (χ0) is 15.3. The topological polar surface area (TPSA) is 66.8 Å². The van der Waals surface area contributed by atoms with Gasteiger partial charge in [-0.15, -0.1) is 0 Å². The van der Waals surface area contributed by atoms with Crippen LogP contribution in [0, 0.1) is 5.82 Å². The first-order chi connectivity index (χ1) is 9.35. The number of carbonyl (C=O) groups excluding carboxylic acids is 1. The molecule has 110 valence electrons. The molecule has 1 aromatic rings. The molecule has 0 aromatic heterocycles. The standard InChI is InChI=1S/C13H15BrFNO4/c1-3-16(7-12(17)18)13(19)8(2)20-11-5-4-9(15)6-10(11)14/h4-6,8H,3,7H2,1-2H3,(H,17,18). The quantitative estimate of drug-likeness (QED) is 0.857. The smallest absolute Gasteiger partial charge is 0.323 e. The summed E-state index contributed by atoms with van der Waals surface area (Å²) in [4.78, 5) is 23.9. The first-order valence-corrected chi connectivity index (χ1v) is 6.76. The van der Waals surface area contributed by atoms with Crippen LogP contribution in [-0.2, 0) is 9.59 Å². The molecule has 1 unspecified atom stereocenters. The molecule has 0 saturated heterocycles. The lowest BCUT2D eigenvalue weighted by Crippen LogP contribution is -2.43. The fourth-order valence-electron chi connectivity index (χ4n) is 1.58. The monoisotopic (exact) mass is 347 g/mol. The van der Waals surface area contributed by atoms with Gasteiger partial charge in [0.15, 0.2) is 6.10 Å². The van der Waals surface area contributed by atoms with E-state index in [-0.39, 0.29) is 13.1 Å². The second-order valence-corrected chi connectivity index (χ2v) is 4.94. The van der Waals surface area contributed by atoms with Crippen LogP contribution >= 0.6 is 15.9 Å². The number of carbonyl (C=O) groups is 2. The second-order valence-electron chi connectivity index (χ2n) is 4.08. The lowest BCUT2D eigenvalue weighted by molar-refractivity contribution is -0.147. The largest absolute Gasteiger partial charge is 0.480 e. The SMILES string of the molecule is CCN(CC(=O)O)C(=O)C(C)Oc1ccc(F)cc1Br. The molecular formula is C13H15BrFNO4. The van der Waals surface area contributed by atoms with Gasteiger partial charge in [-0.25, -0.2) is 4.39 Å². The number of amides is 1. The summed E-state index contributed by atoms with van der Waals surface area (Å²) in [7, 11) is 0. The number of carboxylic acids is 1. The fourth-order valence-corrected chi connectivity index (χ4v) is 2.02. The number of rotatable bonds is 6. The van der Waals surface area contributed by atoms with E-state index >= 15 is 0 Å². The molecule has 0 aliphatic carbocycles.